The molecule has 6 atom stereocenters. The van der Waals surface area contributed by atoms with Crippen LogP contribution in [0.1, 0.15) is 24.8 Å². The summed E-state index contributed by atoms with van der Waals surface area (Å²) in [7, 11) is 3.36. The molecular formula is C23H26N2O4. The van der Waals surface area contributed by atoms with E-state index in [2.05, 4.69) is 21.9 Å². The van der Waals surface area contributed by atoms with Gasteiger partial charge >= 0.3 is 0 Å². The number of hydrogen-bond donors (Lipinski definition) is 0. The summed E-state index contributed by atoms with van der Waals surface area (Å²) in [6.45, 7) is 2.80. The predicted molar refractivity (Wildman–Crippen MR) is 107 cm³/mol. The van der Waals surface area contributed by atoms with Crippen molar-refractivity contribution in [3.8, 4) is 11.5 Å². The van der Waals surface area contributed by atoms with Crippen molar-refractivity contribution in [2.24, 2.45) is 11.8 Å². The first-order valence-corrected chi connectivity index (χ1v) is 10.8. The third kappa shape index (κ3) is 1.76. The van der Waals surface area contributed by atoms with Crippen LogP contribution in [0.3, 0.4) is 0 Å². The molecule has 3 saturated heterocycles. The average molecular weight is 394 g/mol. The van der Waals surface area contributed by atoms with Crippen LogP contribution in [0.5, 0.6) is 11.5 Å². The van der Waals surface area contributed by atoms with Crippen molar-refractivity contribution in [3.63, 3.8) is 0 Å². The maximum absolute atomic E-state index is 13.5. The molecule has 152 valence electrons. The molecule has 29 heavy (non-hydrogen) atoms. The van der Waals surface area contributed by atoms with Crippen LogP contribution >= 0.6 is 0 Å². The van der Waals surface area contributed by atoms with Gasteiger partial charge in [-0.25, -0.2) is 0 Å². The fraction of sp³-hybridized carbons (Fsp3) is 0.609. The van der Waals surface area contributed by atoms with E-state index < -0.39 is 0 Å². The van der Waals surface area contributed by atoms with E-state index in [-0.39, 0.29) is 23.5 Å². The average Bonchev–Trinajstić information content (AvgIpc) is 3.20. The Hall–Kier alpha value is -2.05. The Morgan fingerprint density at radius 3 is 2.86 bits per heavy atom. The van der Waals surface area contributed by atoms with Gasteiger partial charge in [0.25, 0.3) is 0 Å². The molecule has 1 saturated carbocycles. The summed E-state index contributed by atoms with van der Waals surface area (Å²) in [5, 5.41) is 0. The quantitative estimate of drug-likeness (QED) is 0.719. The Morgan fingerprint density at radius 2 is 2.03 bits per heavy atom. The molecule has 0 N–H and O–H groups in total. The minimum absolute atomic E-state index is 0.0242. The number of carbonyl (C=O) groups is 1. The number of benzene rings is 1. The Bertz CT molecular complexity index is 974. The largest absolute Gasteiger partial charge is 0.493 e. The van der Waals surface area contributed by atoms with Crippen molar-refractivity contribution in [2.45, 2.75) is 42.9 Å². The molecule has 1 aliphatic carbocycles. The summed E-state index contributed by atoms with van der Waals surface area (Å²) < 4.78 is 17.6. The van der Waals surface area contributed by atoms with Gasteiger partial charge in [0, 0.05) is 30.0 Å². The van der Waals surface area contributed by atoms with Gasteiger partial charge in [-0.05, 0) is 36.9 Å². The van der Waals surface area contributed by atoms with Crippen LogP contribution in [-0.4, -0.2) is 62.9 Å². The molecule has 0 aromatic heterocycles. The van der Waals surface area contributed by atoms with E-state index >= 15 is 0 Å². The lowest BCUT2D eigenvalue weighted by Crippen LogP contribution is -2.69. The number of fused-ring (bicyclic) bond motifs is 2. The van der Waals surface area contributed by atoms with Crippen molar-refractivity contribution in [2.75, 3.05) is 38.8 Å². The second kappa shape index (κ2) is 5.35. The Morgan fingerprint density at radius 1 is 1.21 bits per heavy atom. The summed E-state index contributed by atoms with van der Waals surface area (Å²) in [4.78, 5) is 18.3. The fourth-order valence-electron chi connectivity index (χ4n) is 7.87. The number of methoxy groups -OCH3 is 2. The maximum atomic E-state index is 13.5. The summed E-state index contributed by atoms with van der Waals surface area (Å²) in [5.41, 5.74) is 3.85. The lowest BCUT2D eigenvalue weighted by atomic mass is 9.53. The monoisotopic (exact) mass is 394 g/mol. The van der Waals surface area contributed by atoms with Crippen LogP contribution in [0.2, 0.25) is 0 Å². The van der Waals surface area contributed by atoms with Gasteiger partial charge in [-0.1, -0.05) is 11.6 Å². The van der Waals surface area contributed by atoms with Gasteiger partial charge in [0.2, 0.25) is 5.91 Å². The highest BCUT2D eigenvalue weighted by Crippen LogP contribution is 2.66. The van der Waals surface area contributed by atoms with E-state index in [9.17, 15) is 4.79 Å². The molecule has 6 nitrogen and oxygen atoms in total. The van der Waals surface area contributed by atoms with Gasteiger partial charge in [-0.3, -0.25) is 9.69 Å². The first-order valence-electron chi connectivity index (χ1n) is 10.8. The molecule has 1 aromatic rings. The van der Waals surface area contributed by atoms with Crippen molar-refractivity contribution in [1.82, 2.24) is 4.90 Å². The molecule has 1 aromatic carbocycles. The minimum Gasteiger partial charge on any atom is -0.493 e. The Labute approximate surface area is 170 Å². The predicted octanol–water partition coefficient (Wildman–Crippen LogP) is 2.11. The molecule has 6 heteroatoms. The molecule has 1 amide bonds. The zero-order valence-corrected chi connectivity index (χ0v) is 16.9. The van der Waals surface area contributed by atoms with Gasteiger partial charge in [0.1, 0.15) is 0 Å². The number of nitrogens with zero attached hydrogens (tertiary/aromatic N) is 2. The highest BCUT2D eigenvalue weighted by atomic mass is 16.5. The van der Waals surface area contributed by atoms with Gasteiger partial charge in [-0.2, -0.15) is 0 Å². The smallest absolute Gasteiger partial charge is 0.229 e. The number of hydrogen-bond acceptors (Lipinski definition) is 5. The molecular weight excluding hydrogens is 368 g/mol. The van der Waals surface area contributed by atoms with E-state index in [4.69, 9.17) is 14.2 Å². The third-order valence-corrected chi connectivity index (χ3v) is 8.81. The Kier molecular flexibility index (Phi) is 3.08. The van der Waals surface area contributed by atoms with E-state index in [0.29, 0.717) is 36.7 Å². The van der Waals surface area contributed by atoms with Crippen LogP contribution in [0.25, 0.3) is 0 Å². The van der Waals surface area contributed by atoms with E-state index in [1.54, 1.807) is 19.8 Å². The van der Waals surface area contributed by atoms with Crippen LogP contribution in [0.15, 0.2) is 23.8 Å². The second-order valence-corrected chi connectivity index (χ2v) is 9.48. The number of carbonyl (C=O) groups excluding carboxylic acids is 1. The van der Waals surface area contributed by atoms with Gasteiger partial charge in [0.15, 0.2) is 11.5 Å². The van der Waals surface area contributed by atoms with Crippen molar-refractivity contribution >= 4 is 11.6 Å². The SMILES string of the molecule is COc1cc2c(cc1OC)[C@@]13CCN4CC5=CCOC6CC(=O)N2C1C6C5CC43. The number of ether oxygens (including phenoxy) is 3. The van der Waals surface area contributed by atoms with E-state index in [1.165, 1.54) is 12.0 Å². The maximum Gasteiger partial charge on any atom is 0.229 e. The summed E-state index contributed by atoms with van der Waals surface area (Å²) >= 11 is 0. The summed E-state index contributed by atoms with van der Waals surface area (Å²) in [5.74, 6) is 2.57. The molecule has 6 aliphatic rings. The van der Waals surface area contributed by atoms with Crippen molar-refractivity contribution in [1.29, 1.82) is 0 Å². The first-order chi connectivity index (χ1) is 14.2. The topological polar surface area (TPSA) is 51.2 Å². The molecule has 0 radical (unpaired) electrons. The van der Waals surface area contributed by atoms with E-state index in [0.717, 1.165) is 30.9 Å². The first kappa shape index (κ1) is 16.7. The molecule has 5 unspecified atom stereocenters. The molecule has 7 rings (SSSR count). The Balaban J connectivity index is 1.52. The fourth-order valence-corrected chi connectivity index (χ4v) is 7.87. The van der Waals surface area contributed by atoms with Gasteiger partial charge < -0.3 is 19.1 Å². The van der Waals surface area contributed by atoms with Crippen molar-refractivity contribution < 1.29 is 19.0 Å². The van der Waals surface area contributed by atoms with Gasteiger partial charge in [-0.15, -0.1) is 0 Å². The lowest BCUT2D eigenvalue weighted by Gasteiger charge is -2.58. The van der Waals surface area contributed by atoms with E-state index in [1.807, 2.05) is 6.07 Å². The molecule has 5 heterocycles. The van der Waals surface area contributed by atoms with Crippen LogP contribution in [0.4, 0.5) is 5.69 Å². The van der Waals surface area contributed by atoms with Crippen LogP contribution in [-0.2, 0) is 14.9 Å². The van der Waals surface area contributed by atoms with Crippen LogP contribution in [0, 0.1) is 11.8 Å². The number of piperidine rings is 2. The van der Waals surface area contributed by atoms with Crippen molar-refractivity contribution in [3.05, 3.63) is 29.3 Å². The third-order valence-electron chi connectivity index (χ3n) is 8.81. The molecule has 2 bridgehead atoms. The zero-order chi connectivity index (χ0) is 19.5. The van der Waals surface area contributed by atoms with Gasteiger partial charge in [0.05, 0.1) is 45.1 Å². The highest BCUT2D eigenvalue weighted by Gasteiger charge is 2.71. The minimum atomic E-state index is -0.0242. The second-order valence-electron chi connectivity index (χ2n) is 9.48. The molecule has 5 aliphatic heterocycles. The number of rotatable bonds is 2. The number of amides is 1. The number of anilines is 1. The molecule has 4 fully saturated rings. The van der Waals surface area contributed by atoms with Crippen LogP contribution < -0.4 is 14.4 Å². The normalized spacial score (nSPS) is 41.0. The lowest BCUT2D eigenvalue weighted by molar-refractivity contribution is -0.132. The zero-order valence-electron chi connectivity index (χ0n) is 16.9. The standard InChI is InChI=1S/C23H26N2O4/c1-27-16-8-14-15(9-17(16)28-2)25-20(26)10-18-21-13-7-19-23(14,22(21)25)4-5-24(19)11-12(13)3-6-29-18/h3,8-9,13,18-19,21-22H,4-7,10-11H2,1-2H3/t13?,18?,19?,21?,22?,23-/m1/s1. The summed E-state index contributed by atoms with van der Waals surface area (Å²) in [6.07, 6.45) is 5.11. The highest BCUT2D eigenvalue weighted by molar-refractivity contribution is 5.99. The summed E-state index contributed by atoms with van der Waals surface area (Å²) in [6, 6.07) is 4.87. The molecule has 1 spiro atoms.